The fraction of sp³-hybridized carbons (Fsp3) is 0.500. The van der Waals surface area contributed by atoms with Crippen molar-refractivity contribution in [1.82, 2.24) is 0 Å². The van der Waals surface area contributed by atoms with E-state index in [-0.39, 0.29) is 0 Å². The normalized spacial score (nSPS) is 14.2. The van der Waals surface area contributed by atoms with E-state index < -0.39 is 5.97 Å². The molecular weight excluding hydrogens is 214 g/mol. The minimum atomic E-state index is -0.839. The van der Waals surface area contributed by atoms with E-state index in [1.807, 2.05) is 12.1 Å². The van der Waals surface area contributed by atoms with Crippen molar-refractivity contribution in [1.29, 1.82) is 0 Å². The van der Waals surface area contributed by atoms with E-state index in [4.69, 9.17) is 5.11 Å². The van der Waals surface area contributed by atoms with Crippen molar-refractivity contribution >= 4 is 11.7 Å². The first-order chi connectivity index (χ1) is 8.08. The molecule has 0 fully saturated rings. The van der Waals surface area contributed by atoms with Crippen LogP contribution >= 0.6 is 0 Å². The van der Waals surface area contributed by atoms with Gasteiger partial charge in [0.2, 0.25) is 0 Å². The summed E-state index contributed by atoms with van der Waals surface area (Å²) >= 11 is 0. The molecular formula is C14H19NO2. The number of nitrogens with zero attached hydrogens (tertiary/aromatic N) is 1. The number of anilines is 1. The maximum absolute atomic E-state index is 10.9. The quantitative estimate of drug-likeness (QED) is 0.869. The number of hydrogen-bond acceptors (Lipinski definition) is 2. The first kappa shape index (κ1) is 12.0. The lowest BCUT2D eigenvalue weighted by Crippen LogP contribution is -2.22. The SMILES string of the molecule is CC(C)CCN1CCc2cc(C(=O)O)ccc21. The van der Waals surface area contributed by atoms with Crippen LogP contribution < -0.4 is 4.90 Å². The molecule has 17 heavy (non-hydrogen) atoms. The monoisotopic (exact) mass is 233 g/mol. The first-order valence-electron chi connectivity index (χ1n) is 6.19. The van der Waals surface area contributed by atoms with E-state index in [2.05, 4.69) is 18.7 Å². The minimum Gasteiger partial charge on any atom is -0.478 e. The minimum absolute atomic E-state index is 0.398. The Morgan fingerprint density at radius 3 is 2.88 bits per heavy atom. The summed E-state index contributed by atoms with van der Waals surface area (Å²) in [7, 11) is 0. The van der Waals surface area contributed by atoms with Gasteiger partial charge in [0.15, 0.2) is 0 Å². The van der Waals surface area contributed by atoms with Crippen molar-refractivity contribution in [3.8, 4) is 0 Å². The fourth-order valence-corrected chi connectivity index (χ4v) is 2.25. The number of carbonyl (C=O) groups is 1. The molecule has 0 aliphatic carbocycles. The number of carboxylic acid groups (broad SMARTS) is 1. The molecule has 1 heterocycles. The van der Waals surface area contributed by atoms with Crippen LogP contribution in [0.2, 0.25) is 0 Å². The van der Waals surface area contributed by atoms with Crippen LogP contribution in [0.4, 0.5) is 5.69 Å². The third-order valence-corrected chi connectivity index (χ3v) is 3.29. The van der Waals surface area contributed by atoms with Crippen molar-refractivity contribution in [3.05, 3.63) is 29.3 Å². The van der Waals surface area contributed by atoms with Crippen LogP contribution in [0.3, 0.4) is 0 Å². The molecule has 0 unspecified atom stereocenters. The second-order valence-electron chi connectivity index (χ2n) is 5.07. The van der Waals surface area contributed by atoms with Gasteiger partial charge in [0.1, 0.15) is 0 Å². The predicted octanol–water partition coefficient (Wildman–Crippen LogP) is 2.79. The van der Waals surface area contributed by atoms with Gasteiger partial charge in [-0.1, -0.05) is 13.8 Å². The van der Waals surface area contributed by atoms with Crippen LogP contribution in [0.15, 0.2) is 18.2 Å². The molecule has 1 aliphatic rings. The molecule has 0 atom stereocenters. The van der Waals surface area contributed by atoms with Gasteiger partial charge in [-0.25, -0.2) is 4.79 Å². The molecule has 0 radical (unpaired) electrons. The van der Waals surface area contributed by atoms with Gasteiger partial charge in [0.05, 0.1) is 5.56 Å². The van der Waals surface area contributed by atoms with E-state index in [1.165, 1.54) is 17.7 Å². The van der Waals surface area contributed by atoms with E-state index in [9.17, 15) is 4.79 Å². The molecule has 0 amide bonds. The summed E-state index contributed by atoms with van der Waals surface area (Å²) in [6.45, 7) is 6.54. The standard InChI is InChI=1S/C14H19NO2/c1-10(2)5-7-15-8-6-11-9-12(14(16)17)3-4-13(11)15/h3-4,9-10H,5-8H2,1-2H3,(H,16,17). The zero-order valence-electron chi connectivity index (χ0n) is 10.4. The predicted molar refractivity (Wildman–Crippen MR) is 68.8 cm³/mol. The van der Waals surface area contributed by atoms with E-state index in [0.29, 0.717) is 11.5 Å². The van der Waals surface area contributed by atoms with Gasteiger partial charge in [0, 0.05) is 18.8 Å². The molecule has 0 saturated carbocycles. The van der Waals surface area contributed by atoms with Crippen molar-refractivity contribution in [2.45, 2.75) is 26.7 Å². The lowest BCUT2D eigenvalue weighted by molar-refractivity contribution is 0.0697. The summed E-state index contributed by atoms with van der Waals surface area (Å²) in [6.07, 6.45) is 2.15. The summed E-state index contributed by atoms with van der Waals surface area (Å²) in [4.78, 5) is 13.2. The van der Waals surface area contributed by atoms with E-state index >= 15 is 0 Å². The lowest BCUT2D eigenvalue weighted by atomic mass is 10.1. The van der Waals surface area contributed by atoms with E-state index in [1.54, 1.807) is 6.07 Å². The van der Waals surface area contributed by atoms with Gasteiger partial charge in [-0.3, -0.25) is 0 Å². The Kier molecular flexibility index (Phi) is 3.36. The summed E-state index contributed by atoms with van der Waals surface area (Å²) in [5, 5.41) is 8.94. The third-order valence-electron chi connectivity index (χ3n) is 3.29. The Hall–Kier alpha value is -1.51. The lowest BCUT2D eigenvalue weighted by Gasteiger charge is -2.20. The Balaban J connectivity index is 2.13. The number of fused-ring (bicyclic) bond motifs is 1. The molecule has 2 rings (SSSR count). The van der Waals surface area contributed by atoms with Gasteiger partial charge >= 0.3 is 5.97 Å². The molecule has 1 aromatic rings. The molecule has 1 aromatic carbocycles. The highest BCUT2D eigenvalue weighted by Gasteiger charge is 2.20. The molecule has 3 heteroatoms. The topological polar surface area (TPSA) is 40.5 Å². The highest BCUT2D eigenvalue weighted by atomic mass is 16.4. The molecule has 0 bridgehead atoms. The maximum atomic E-state index is 10.9. The molecule has 92 valence electrons. The highest BCUT2D eigenvalue weighted by Crippen LogP contribution is 2.29. The van der Waals surface area contributed by atoms with Crippen LogP contribution in [0.5, 0.6) is 0 Å². The van der Waals surface area contributed by atoms with Gasteiger partial charge in [-0.05, 0) is 42.5 Å². The third kappa shape index (κ3) is 2.60. The van der Waals surface area contributed by atoms with Crippen molar-refractivity contribution in [2.75, 3.05) is 18.0 Å². The first-order valence-corrected chi connectivity index (χ1v) is 6.19. The summed E-state index contributed by atoms with van der Waals surface area (Å²) < 4.78 is 0. The average Bonchev–Trinajstić information content (AvgIpc) is 2.68. The Morgan fingerprint density at radius 2 is 2.24 bits per heavy atom. The number of carboxylic acids is 1. The number of benzene rings is 1. The van der Waals surface area contributed by atoms with Gasteiger partial charge < -0.3 is 10.0 Å². The van der Waals surface area contributed by atoms with Gasteiger partial charge in [-0.2, -0.15) is 0 Å². The summed E-state index contributed by atoms with van der Waals surface area (Å²) in [5.41, 5.74) is 2.79. The zero-order chi connectivity index (χ0) is 12.4. The zero-order valence-corrected chi connectivity index (χ0v) is 10.4. The molecule has 0 spiro atoms. The second-order valence-corrected chi connectivity index (χ2v) is 5.07. The number of hydrogen-bond donors (Lipinski definition) is 1. The smallest absolute Gasteiger partial charge is 0.335 e. The molecule has 1 aliphatic heterocycles. The number of rotatable bonds is 4. The summed E-state index contributed by atoms with van der Waals surface area (Å²) in [5.74, 6) is -0.134. The Morgan fingerprint density at radius 1 is 1.47 bits per heavy atom. The van der Waals surface area contributed by atoms with Crippen molar-refractivity contribution < 1.29 is 9.90 Å². The molecule has 1 N–H and O–H groups in total. The van der Waals surface area contributed by atoms with Crippen LogP contribution in [0.1, 0.15) is 36.2 Å². The second kappa shape index (κ2) is 4.78. The van der Waals surface area contributed by atoms with Crippen LogP contribution in [0, 0.1) is 5.92 Å². The van der Waals surface area contributed by atoms with Gasteiger partial charge in [-0.15, -0.1) is 0 Å². The van der Waals surface area contributed by atoms with Crippen LogP contribution in [-0.2, 0) is 6.42 Å². The molecule has 0 aromatic heterocycles. The molecule has 0 saturated heterocycles. The average molecular weight is 233 g/mol. The van der Waals surface area contributed by atoms with E-state index in [0.717, 1.165) is 19.5 Å². The Labute approximate surface area is 102 Å². The maximum Gasteiger partial charge on any atom is 0.335 e. The van der Waals surface area contributed by atoms with Crippen molar-refractivity contribution in [2.24, 2.45) is 5.92 Å². The van der Waals surface area contributed by atoms with Crippen LogP contribution in [0.25, 0.3) is 0 Å². The molecule has 3 nitrogen and oxygen atoms in total. The Bertz CT molecular complexity index is 426. The van der Waals surface area contributed by atoms with Gasteiger partial charge in [0.25, 0.3) is 0 Å². The van der Waals surface area contributed by atoms with Crippen molar-refractivity contribution in [3.63, 3.8) is 0 Å². The summed E-state index contributed by atoms with van der Waals surface area (Å²) in [6, 6.07) is 5.47. The number of aromatic carboxylic acids is 1. The highest BCUT2D eigenvalue weighted by molar-refractivity contribution is 5.88. The largest absolute Gasteiger partial charge is 0.478 e. The van der Waals surface area contributed by atoms with Crippen LogP contribution in [-0.4, -0.2) is 24.2 Å². The fourth-order valence-electron chi connectivity index (χ4n) is 2.25.